The molecule has 1 atom stereocenters. The fourth-order valence-electron chi connectivity index (χ4n) is 1.72. The summed E-state index contributed by atoms with van der Waals surface area (Å²) in [6.45, 7) is 0.970. The van der Waals surface area contributed by atoms with Crippen LogP contribution < -0.4 is 5.19 Å². The van der Waals surface area contributed by atoms with Gasteiger partial charge in [-0.15, -0.1) is 0 Å². The van der Waals surface area contributed by atoms with E-state index < -0.39 is 9.04 Å². The molecule has 1 nitrogen and oxygen atoms in total. The second-order valence-electron chi connectivity index (χ2n) is 3.38. The molecule has 13 heavy (non-hydrogen) atoms. The van der Waals surface area contributed by atoms with Crippen LogP contribution in [0.2, 0.25) is 6.04 Å². The van der Waals surface area contributed by atoms with Gasteiger partial charge >= 0.3 is 0 Å². The summed E-state index contributed by atoms with van der Waals surface area (Å²) in [6, 6.07) is 9.77. The van der Waals surface area contributed by atoms with Crippen LogP contribution in [0.5, 0.6) is 0 Å². The molecule has 3 heteroatoms. The van der Waals surface area contributed by atoms with Crippen molar-refractivity contribution >= 4 is 30.2 Å². The summed E-state index contributed by atoms with van der Waals surface area (Å²) in [4.78, 5) is 0. The predicted molar refractivity (Wildman–Crippen MR) is 60.9 cm³/mol. The minimum atomic E-state index is -1.07. The number of halogens is 1. The van der Waals surface area contributed by atoms with E-state index in [0.717, 1.165) is 6.61 Å². The molecule has 1 aliphatic rings. The molecular formula is C10H13BrOSi. The van der Waals surface area contributed by atoms with Crippen LogP contribution in [-0.4, -0.2) is 15.6 Å². The van der Waals surface area contributed by atoms with Crippen LogP contribution in [-0.2, 0) is 4.43 Å². The molecule has 0 N–H and O–H groups in total. The van der Waals surface area contributed by atoms with E-state index in [0.29, 0.717) is 0 Å². The van der Waals surface area contributed by atoms with E-state index in [-0.39, 0.29) is 0 Å². The van der Waals surface area contributed by atoms with E-state index in [1.165, 1.54) is 28.5 Å². The minimum absolute atomic E-state index is 0.970. The lowest BCUT2D eigenvalue weighted by atomic mass is 10.3. The number of hydrogen-bond donors (Lipinski definition) is 0. The Labute approximate surface area is 89.0 Å². The first kappa shape index (κ1) is 9.43. The smallest absolute Gasteiger partial charge is 0.209 e. The van der Waals surface area contributed by atoms with Gasteiger partial charge in [0.1, 0.15) is 0 Å². The Morgan fingerprint density at radius 2 is 2.08 bits per heavy atom. The monoisotopic (exact) mass is 256 g/mol. The van der Waals surface area contributed by atoms with Crippen LogP contribution in [0.15, 0.2) is 28.7 Å². The molecule has 70 valence electrons. The van der Waals surface area contributed by atoms with Crippen molar-refractivity contribution < 1.29 is 4.43 Å². The molecule has 0 radical (unpaired) electrons. The van der Waals surface area contributed by atoms with Gasteiger partial charge in [-0.2, -0.15) is 0 Å². The van der Waals surface area contributed by atoms with Gasteiger partial charge in [-0.25, -0.2) is 0 Å². The largest absolute Gasteiger partial charge is 0.415 e. The van der Waals surface area contributed by atoms with E-state index in [1.807, 2.05) is 0 Å². The van der Waals surface area contributed by atoms with Gasteiger partial charge in [0.05, 0.1) is 0 Å². The van der Waals surface area contributed by atoms with Crippen molar-refractivity contribution in [2.75, 3.05) is 6.61 Å². The fourth-order valence-corrected chi connectivity index (χ4v) is 5.27. The Bertz CT molecular complexity index is 284. The summed E-state index contributed by atoms with van der Waals surface area (Å²) < 4.78 is 7.08. The molecule has 1 saturated heterocycles. The highest BCUT2D eigenvalue weighted by Gasteiger charge is 2.19. The third-order valence-corrected chi connectivity index (χ3v) is 6.34. The van der Waals surface area contributed by atoms with E-state index in [9.17, 15) is 0 Å². The zero-order chi connectivity index (χ0) is 9.10. The highest BCUT2D eigenvalue weighted by molar-refractivity contribution is 9.10. The summed E-state index contributed by atoms with van der Waals surface area (Å²) in [5.74, 6) is 0. The molecule has 0 aromatic heterocycles. The standard InChI is InChI=1S/C10H13BrOSi/c11-9-5-1-2-6-10(9)13-8-4-3-7-12-13/h1-2,5-6,13H,3-4,7-8H2. The summed E-state index contributed by atoms with van der Waals surface area (Å²) in [5, 5.41) is 1.43. The summed E-state index contributed by atoms with van der Waals surface area (Å²) in [6.07, 6.45) is 2.59. The zero-order valence-corrected chi connectivity index (χ0v) is 10.2. The van der Waals surface area contributed by atoms with Gasteiger partial charge in [0, 0.05) is 11.1 Å². The van der Waals surface area contributed by atoms with Crippen molar-refractivity contribution in [3.63, 3.8) is 0 Å². The molecule has 0 bridgehead atoms. The Morgan fingerprint density at radius 1 is 1.23 bits per heavy atom. The highest BCUT2D eigenvalue weighted by Crippen LogP contribution is 2.15. The van der Waals surface area contributed by atoms with Crippen LogP contribution in [0.4, 0.5) is 0 Å². The van der Waals surface area contributed by atoms with Gasteiger partial charge in [-0.3, -0.25) is 0 Å². The van der Waals surface area contributed by atoms with Gasteiger partial charge in [-0.1, -0.05) is 40.5 Å². The quantitative estimate of drug-likeness (QED) is 0.701. The topological polar surface area (TPSA) is 9.23 Å². The Hall–Kier alpha value is -0.123. The Kier molecular flexibility index (Phi) is 3.19. The van der Waals surface area contributed by atoms with Gasteiger partial charge in [0.2, 0.25) is 9.04 Å². The van der Waals surface area contributed by atoms with Gasteiger partial charge in [-0.05, 0) is 23.7 Å². The molecule has 0 spiro atoms. The second-order valence-corrected chi connectivity index (χ2v) is 6.74. The van der Waals surface area contributed by atoms with Crippen LogP contribution in [0.3, 0.4) is 0 Å². The number of hydrogen-bond acceptors (Lipinski definition) is 1. The lowest BCUT2D eigenvalue weighted by molar-refractivity contribution is 0.294. The van der Waals surface area contributed by atoms with Crippen LogP contribution in [0, 0.1) is 0 Å². The molecule has 0 amide bonds. The van der Waals surface area contributed by atoms with Gasteiger partial charge < -0.3 is 4.43 Å². The van der Waals surface area contributed by atoms with E-state index in [1.54, 1.807) is 0 Å². The maximum Gasteiger partial charge on any atom is 0.209 e. The summed E-state index contributed by atoms with van der Waals surface area (Å²) >= 11 is 3.59. The molecule has 1 fully saturated rings. The van der Waals surface area contributed by atoms with Gasteiger partial charge in [0.25, 0.3) is 0 Å². The first-order valence-electron chi connectivity index (χ1n) is 4.74. The average Bonchev–Trinajstić information content (AvgIpc) is 2.20. The molecule has 2 rings (SSSR count). The van der Waals surface area contributed by atoms with Crippen LogP contribution >= 0.6 is 15.9 Å². The van der Waals surface area contributed by atoms with Crippen molar-refractivity contribution in [2.24, 2.45) is 0 Å². The van der Waals surface area contributed by atoms with E-state index in [4.69, 9.17) is 4.43 Å². The lowest BCUT2D eigenvalue weighted by Crippen LogP contribution is -2.37. The fraction of sp³-hybridized carbons (Fsp3) is 0.400. The molecular weight excluding hydrogens is 244 g/mol. The average molecular weight is 257 g/mol. The predicted octanol–water partition coefficient (Wildman–Crippen LogP) is 2.19. The molecule has 1 aromatic carbocycles. The highest BCUT2D eigenvalue weighted by atomic mass is 79.9. The van der Waals surface area contributed by atoms with Crippen LogP contribution in [0.25, 0.3) is 0 Å². The molecule has 0 aliphatic carbocycles. The SMILES string of the molecule is Brc1ccccc1[SiH]1CCCCO1. The van der Waals surface area contributed by atoms with Crippen molar-refractivity contribution in [1.82, 2.24) is 0 Å². The molecule has 1 aromatic rings. The molecule has 1 unspecified atom stereocenters. The van der Waals surface area contributed by atoms with Crippen molar-refractivity contribution in [2.45, 2.75) is 18.9 Å². The lowest BCUT2D eigenvalue weighted by Gasteiger charge is -2.22. The van der Waals surface area contributed by atoms with E-state index in [2.05, 4.69) is 40.2 Å². The minimum Gasteiger partial charge on any atom is -0.415 e. The van der Waals surface area contributed by atoms with Crippen molar-refractivity contribution in [3.8, 4) is 0 Å². The summed E-state index contributed by atoms with van der Waals surface area (Å²) in [5.41, 5.74) is 0. The molecule has 0 saturated carbocycles. The van der Waals surface area contributed by atoms with Crippen molar-refractivity contribution in [1.29, 1.82) is 0 Å². The third-order valence-electron chi connectivity index (χ3n) is 2.43. The van der Waals surface area contributed by atoms with Crippen LogP contribution in [0.1, 0.15) is 12.8 Å². The normalized spacial score (nSPS) is 23.0. The van der Waals surface area contributed by atoms with E-state index >= 15 is 0 Å². The van der Waals surface area contributed by atoms with Gasteiger partial charge in [0.15, 0.2) is 0 Å². The number of rotatable bonds is 1. The zero-order valence-electron chi connectivity index (χ0n) is 7.50. The molecule has 1 heterocycles. The number of benzene rings is 1. The third kappa shape index (κ3) is 2.21. The maximum atomic E-state index is 5.85. The Morgan fingerprint density at radius 3 is 2.77 bits per heavy atom. The summed E-state index contributed by atoms with van der Waals surface area (Å²) in [7, 11) is -1.07. The Balaban J connectivity index is 2.18. The van der Waals surface area contributed by atoms with Crippen molar-refractivity contribution in [3.05, 3.63) is 28.7 Å². The maximum absolute atomic E-state index is 5.85. The molecule has 1 aliphatic heterocycles. The second kappa shape index (κ2) is 4.40. The first-order valence-corrected chi connectivity index (χ1v) is 7.40. The first-order chi connectivity index (χ1) is 6.38.